The Morgan fingerprint density at radius 3 is 2.39 bits per heavy atom. The summed E-state index contributed by atoms with van der Waals surface area (Å²) in [6, 6.07) is 8.12. The van der Waals surface area contributed by atoms with Gasteiger partial charge in [0, 0.05) is 11.6 Å². The summed E-state index contributed by atoms with van der Waals surface area (Å²) in [5.41, 5.74) is -0.395. The SMILES string of the molecule is COc1ccc2c(=O)c(OC3OC(CO)C(O)C(O)C3O)c(-c3ccc(O)c(O)c3)oc2c1. The number of rotatable bonds is 5. The van der Waals surface area contributed by atoms with Crippen LogP contribution < -0.4 is 14.9 Å². The molecule has 5 atom stereocenters. The second kappa shape index (κ2) is 8.89. The van der Waals surface area contributed by atoms with Crippen molar-refractivity contribution in [2.24, 2.45) is 0 Å². The molecule has 2 aromatic carbocycles. The fraction of sp³-hybridized carbons (Fsp3) is 0.318. The third-order valence-corrected chi connectivity index (χ3v) is 5.38. The van der Waals surface area contributed by atoms with Gasteiger partial charge in [-0.05, 0) is 30.3 Å². The van der Waals surface area contributed by atoms with E-state index in [2.05, 4.69) is 0 Å². The van der Waals surface area contributed by atoms with Gasteiger partial charge in [0.1, 0.15) is 35.7 Å². The van der Waals surface area contributed by atoms with Crippen LogP contribution in [0.2, 0.25) is 0 Å². The number of hydrogen-bond donors (Lipinski definition) is 6. The molecule has 0 spiro atoms. The van der Waals surface area contributed by atoms with Crippen LogP contribution in [0.4, 0.5) is 0 Å². The minimum atomic E-state index is -1.77. The predicted molar refractivity (Wildman–Crippen MR) is 112 cm³/mol. The number of phenols is 2. The second-order valence-corrected chi connectivity index (χ2v) is 7.47. The summed E-state index contributed by atoms with van der Waals surface area (Å²) in [6.07, 6.45) is -8.01. The van der Waals surface area contributed by atoms with E-state index in [1.54, 1.807) is 0 Å². The molecule has 11 heteroatoms. The molecule has 4 rings (SSSR count). The van der Waals surface area contributed by atoms with Gasteiger partial charge in [-0.3, -0.25) is 4.79 Å². The molecular weight excluding hydrogens is 440 g/mol. The fourth-order valence-corrected chi connectivity index (χ4v) is 3.53. The molecule has 0 bridgehead atoms. The third-order valence-electron chi connectivity index (χ3n) is 5.38. The first-order chi connectivity index (χ1) is 15.7. The maximum atomic E-state index is 13.3. The van der Waals surface area contributed by atoms with Gasteiger partial charge in [0.15, 0.2) is 17.3 Å². The first-order valence-corrected chi connectivity index (χ1v) is 9.89. The number of benzene rings is 2. The van der Waals surface area contributed by atoms with Crippen LogP contribution >= 0.6 is 0 Å². The number of aliphatic hydroxyl groups excluding tert-OH is 4. The largest absolute Gasteiger partial charge is 0.504 e. The van der Waals surface area contributed by atoms with Crippen molar-refractivity contribution in [2.45, 2.75) is 30.7 Å². The summed E-state index contributed by atoms with van der Waals surface area (Å²) >= 11 is 0. The number of methoxy groups -OCH3 is 1. The van der Waals surface area contributed by atoms with E-state index in [1.165, 1.54) is 37.4 Å². The number of ether oxygens (including phenoxy) is 3. The molecule has 6 N–H and O–H groups in total. The summed E-state index contributed by atoms with van der Waals surface area (Å²) in [7, 11) is 1.44. The molecule has 11 nitrogen and oxygen atoms in total. The lowest BCUT2D eigenvalue weighted by Gasteiger charge is -2.39. The van der Waals surface area contributed by atoms with E-state index in [4.69, 9.17) is 18.6 Å². The summed E-state index contributed by atoms with van der Waals surface area (Å²) in [6.45, 7) is -0.685. The highest BCUT2D eigenvalue weighted by Gasteiger charge is 2.45. The normalized spacial score (nSPS) is 25.2. The van der Waals surface area contributed by atoms with E-state index in [0.29, 0.717) is 5.75 Å². The summed E-state index contributed by atoms with van der Waals surface area (Å²) in [4.78, 5) is 13.3. The number of phenolic OH excluding ortho intramolecular Hbond substituents is 2. The fourth-order valence-electron chi connectivity index (χ4n) is 3.53. The molecule has 1 aromatic heterocycles. The molecule has 2 heterocycles. The van der Waals surface area contributed by atoms with Gasteiger partial charge < -0.3 is 49.3 Å². The smallest absolute Gasteiger partial charge is 0.235 e. The number of aliphatic hydroxyl groups is 4. The topological polar surface area (TPSA) is 179 Å². The average molecular weight is 462 g/mol. The molecule has 1 aliphatic rings. The van der Waals surface area contributed by atoms with Crippen molar-refractivity contribution in [3.8, 4) is 34.3 Å². The maximum Gasteiger partial charge on any atom is 0.235 e. The average Bonchev–Trinajstić information content (AvgIpc) is 2.82. The van der Waals surface area contributed by atoms with E-state index in [9.17, 15) is 35.4 Å². The van der Waals surface area contributed by atoms with Crippen molar-refractivity contribution >= 4 is 11.0 Å². The quantitative estimate of drug-likeness (QED) is 0.282. The number of aromatic hydroxyl groups is 2. The maximum absolute atomic E-state index is 13.3. The number of hydrogen-bond acceptors (Lipinski definition) is 11. The first-order valence-electron chi connectivity index (χ1n) is 9.89. The molecule has 33 heavy (non-hydrogen) atoms. The minimum absolute atomic E-state index is 0.0992. The van der Waals surface area contributed by atoms with E-state index in [0.717, 1.165) is 6.07 Å². The van der Waals surface area contributed by atoms with Gasteiger partial charge in [0.2, 0.25) is 17.5 Å². The van der Waals surface area contributed by atoms with Gasteiger partial charge in [-0.25, -0.2) is 0 Å². The lowest BCUT2D eigenvalue weighted by molar-refractivity contribution is -0.277. The molecule has 1 saturated heterocycles. The second-order valence-electron chi connectivity index (χ2n) is 7.47. The zero-order valence-corrected chi connectivity index (χ0v) is 17.3. The lowest BCUT2D eigenvalue weighted by Crippen LogP contribution is -2.60. The van der Waals surface area contributed by atoms with E-state index in [-0.39, 0.29) is 22.3 Å². The monoisotopic (exact) mass is 462 g/mol. The van der Waals surface area contributed by atoms with Crippen molar-refractivity contribution < 1.29 is 49.3 Å². The van der Waals surface area contributed by atoms with E-state index in [1.807, 2.05) is 0 Å². The third kappa shape index (κ3) is 4.08. The van der Waals surface area contributed by atoms with Gasteiger partial charge in [-0.15, -0.1) is 0 Å². The van der Waals surface area contributed by atoms with Crippen molar-refractivity contribution in [1.29, 1.82) is 0 Å². The Labute approximate surface area is 186 Å². The van der Waals surface area contributed by atoms with Crippen LogP contribution in [-0.4, -0.2) is 75.1 Å². The van der Waals surface area contributed by atoms with Crippen molar-refractivity contribution in [3.05, 3.63) is 46.6 Å². The summed E-state index contributed by atoms with van der Waals surface area (Å²) < 4.78 is 22.0. The summed E-state index contributed by atoms with van der Waals surface area (Å²) in [5.74, 6) is -1.08. The molecule has 3 aromatic rings. The standard InChI is InChI=1S/C22H22O11/c1-30-10-3-4-11-14(7-10)31-20(9-2-5-12(24)13(25)6-9)21(16(11)26)33-22-19(29)18(28)17(27)15(8-23)32-22/h2-7,15,17-19,22-25,27-29H,8H2,1H3. The zero-order valence-electron chi connectivity index (χ0n) is 17.3. The Bertz CT molecular complexity index is 1220. The molecule has 1 fully saturated rings. The van der Waals surface area contributed by atoms with Crippen LogP contribution in [0.25, 0.3) is 22.3 Å². The Hall–Kier alpha value is -3.35. The lowest BCUT2D eigenvalue weighted by atomic mass is 9.99. The Balaban J connectivity index is 1.87. The van der Waals surface area contributed by atoms with Crippen LogP contribution in [0.5, 0.6) is 23.0 Å². The first kappa shape index (κ1) is 22.8. The van der Waals surface area contributed by atoms with Gasteiger partial charge in [0.25, 0.3) is 0 Å². The van der Waals surface area contributed by atoms with E-state index >= 15 is 0 Å². The molecule has 176 valence electrons. The number of fused-ring (bicyclic) bond motifs is 1. The van der Waals surface area contributed by atoms with Gasteiger partial charge in [-0.1, -0.05) is 0 Å². The molecule has 0 aliphatic carbocycles. The van der Waals surface area contributed by atoms with Crippen LogP contribution in [0, 0.1) is 0 Å². The predicted octanol–water partition coefficient (Wildman–Crippen LogP) is 0.0585. The van der Waals surface area contributed by atoms with Crippen molar-refractivity contribution in [2.75, 3.05) is 13.7 Å². The minimum Gasteiger partial charge on any atom is -0.504 e. The zero-order chi connectivity index (χ0) is 23.9. The highest BCUT2D eigenvalue weighted by Crippen LogP contribution is 2.37. The Kier molecular flexibility index (Phi) is 6.15. The summed E-state index contributed by atoms with van der Waals surface area (Å²) in [5, 5.41) is 59.4. The van der Waals surface area contributed by atoms with Gasteiger partial charge in [-0.2, -0.15) is 0 Å². The Morgan fingerprint density at radius 1 is 0.970 bits per heavy atom. The van der Waals surface area contributed by atoms with E-state index < -0.39 is 60.0 Å². The van der Waals surface area contributed by atoms with Gasteiger partial charge >= 0.3 is 0 Å². The van der Waals surface area contributed by atoms with Crippen LogP contribution in [0.1, 0.15) is 0 Å². The molecule has 1 aliphatic heterocycles. The molecule has 0 amide bonds. The molecule has 5 unspecified atom stereocenters. The van der Waals surface area contributed by atoms with Crippen LogP contribution in [0.3, 0.4) is 0 Å². The Morgan fingerprint density at radius 2 is 1.73 bits per heavy atom. The van der Waals surface area contributed by atoms with Crippen molar-refractivity contribution in [3.63, 3.8) is 0 Å². The highest BCUT2D eigenvalue weighted by molar-refractivity contribution is 5.83. The molecule has 0 saturated carbocycles. The molecule has 0 radical (unpaired) electrons. The molecular formula is C22H22O11. The highest BCUT2D eigenvalue weighted by atomic mass is 16.7. The van der Waals surface area contributed by atoms with Crippen LogP contribution in [-0.2, 0) is 4.74 Å². The van der Waals surface area contributed by atoms with Crippen molar-refractivity contribution in [1.82, 2.24) is 0 Å². The van der Waals surface area contributed by atoms with Crippen LogP contribution in [0.15, 0.2) is 45.6 Å². The van der Waals surface area contributed by atoms with Gasteiger partial charge in [0.05, 0.1) is 19.1 Å².